The maximum atomic E-state index is 12.6. The van der Waals surface area contributed by atoms with E-state index in [1.54, 1.807) is 0 Å². The summed E-state index contributed by atoms with van der Waals surface area (Å²) in [5.74, 6) is -3.16. The lowest BCUT2D eigenvalue weighted by molar-refractivity contribution is -0.222. The highest BCUT2D eigenvalue weighted by atomic mass is 79.9. The first-order chi connectivity index (χ1) is 9.99. The van der Waals surface area contributed by atoms with Crippen molar-refractivity contribution in [2.75, 3.05) is 0 Å². The molecule has 1 aromatic rings. The summed E-state index contributed by atoms with van der Waals surface area (Å²) in [6.07, 6.45) is -3.37. The van der Waals surface area contributed by atoms with Gasteiger partial charge in [0.25, 0.3) is 5.79 Å². The second-order valence-corrected chi connectivity index (χ2v) is 5.83. The van der Waals surface area contributed by atoms with E-state index in [0.29, 0.717) is 0 Å². The zero-order valence-electron chi connectivity index (χ0n) is 11.5. The molecule has 2 rings (SSSR count). The Morgan fingerprint density at radius 2 is 1.68 bits per heavy atom. The van der Waals surface area contributed by atoms with Crippen LogP contribution in [-0.2, 0) is 25.2 Å². The number of rotatable bonds is 1. The fourth-order valence-corrected chi connectivity index (χ4v) is 2.25. The van der Waals surface area contributed by atoms with Crippen LogP contribution in [-0.4, -0.2) is 17.7 Å². The summed E-state index contributed by atoms with van der Waals surface area (Å²) >= 11 is 2.98. The van der Waals surface area contributed by atoms with Gasteiger partial charge in [0, 0.05) is 18.3 Å². The van der Waals surface area contributed by atoms with Crippen LogP contribution >= 0.6 is 15.9 Å². The molecule has 1 aliphatic rings. The fraction of sp³-hybridized carbons (Fsp3) is 0.286. The lowest BCUT2D eigenvalue weighted by Gasteiger charge is -2.29. The van der Waals surface area contributed by atoms with Gasteiger partial charge in [0.1, 0.15) is 5.57 Å². The Morgan fingerprint density at radius 1 is 1.14 bits per heavy atom. The third-order valence-electron chi connectivity index (χ3n) is 2.74. The third kappa shape index (κ3) is 3.49. The van der Waals surface area contributed by atoms with Crippen LogP contribution < -0.4 is 0 Å². The van der Waals surface area contributed by atoms with Crippen LogP contribution in [0.3, 0.4) is 0 Å². The molecule has 0 radical (unpaired) electrons. The first-order valence-electron chi connectivity index (χ1n) is 6.05. The number of hydrogen-bond acceptors (Lipinski definition) is 4. The molecule has 0 spiro atoms. The van der Waals surface area contributed by atoms with Gasteiger partial charge in [-0.1, -0.05) is 22.0 Å². The molecule has 118 valence electrons. The Labute approximate surface area is 132 Å². The molecule has 8 heteroatoms. The number of hydrogen-bond donors (Lipinski definition) is 0. The maximum Gasteiger partial charge on any atom is 0.416 e. The molecule has 0 N–H and O–H groups in total. The van der Waals surface area contributed by atoms with Crippen molar-refractivity contribution in [2.45, 2.75) is 25.8 Å². The largest absolute Gasteiger partial charge is 0.419 e. The van der Waals surface area contributed by atoms with E-state index >= 15 is 0 Å². The van der Waals surface area contributed by atoms with E-state index in [1.165, 1.54) is 13.8 Å². The fourth-order valence-electron chi connectivity index (χ4n) is 1.75. The van der Waals surface area contributed by atoms with E-state index in [0.717, 1.165) is 24.3 Å². The summed E-state index contributed by atoms with van der Waals surface area (Å²) < 4.78 is 47.6. The first kappa shape index (κ1) is 16.5. The van der Waals surface area contributed by atoms with Gasteiger partial charge in [-0.2, -0.15) is 13.2 Å². The minimum absolute atomic E-state index is 0.0836. The van der Waals surface area contributed by atoms with E-state index in [1.807, 2.05) is 0 Å². The molecule has 0 unspecified atom stereocenters. The van der Waals surface area contributed by atoms with Gasteiger partial charge < -0.3 is 9.47 Å². The molecule has 0 bridgehead atoms. The van der Waals surface area contributed by atoms with Gasteiger partial charge in [0.15, 0.2) is 0 Å². The highest BCUT2D eigenvalue weighted by Gasteiger charge is 2.39. The van der Waals surface area contributed by atoms with Crippen LogP contribution in [0.2, 0.25) is 0 Å². The lowest BCUT2D eigenvalue weighted by atomic mass is 10.1. The number of carbonyl (C=O) groups excluding carboxylic acids is 2. The van der Waals surface area contributed by atoms with E-state index in [2.05, 4.69) is 15.9 Å². The highest BCUT2D eigenvalue weighted by Crippen LogP contribution is 2.33. The van der Waals surface area contributed by atoms with Crippen LogP contribution in [0, 0.1) is 0 Å². The maximum absolute atomic E-state index is 12.6. The molecule has 0 amide bonds. The molecule has 1 heterocycles. The Kier molecular flexibility index (Phi) is 4.08. The molecule has 4 nitrogen and oxygen atoms in total. The number of ether oxygens (including phenoxy) is 2. The first-order valence-corrected chi connectivity index (χ1v) is 6.84. The zero-order chi connectivity index (χ0) is 16.7. The summed E-state index contributed by atoms with van der Waals surface area (Å²) in [6.45, 7) is 2.79. The summed E-state index contributed by atoms with van der Waals surface area (Å²) in [5, 5.41) is 0. The third-order valence-corrected chi connectivity index (χ3v) is 3.43. The summed E-state index contributed by atoms with van der Waals surface area (Å²) in [6, 6.07) is 2.84. The molecular weight excluding hydrogens is 369 g/mol. The molecule has 1 fully saturated rings. The van der Waals surface area contributed by atoms with Crippen LogP contribution in [0.15, 0.2) is 28.2 Å². The van der Waals surface area contributed by atoms with Crippen molar-refractivity contribution in [3.05, 3.63) is 39.4 Å². The molecule has 0 aromatic heterocycles. The summed E-state index contributed by atoms with van der Waals surface area (Å²) in [4.78, 5) is 23.6. The molecular formula is C14H10BrF3O4. The minimum atomic E-state index is -4.49. The lowest BCUT2D eigenvalue weighted by Crippen LogP contribution is -2.41. The second-order valence-electron chi connectivity index (χ2n) is 4.97. The van der Waals surface area contributed by atoms with E-state index < -0.39 is 29.5 Å². The highest BCUT2D eigenvalue weighted by molar-refractivity contribution is 9.10. The van der Waals surface area contributed by atoms with Gasteiger partial charge >= 0.3 is 18.1 Å². The van der Waals surface area contributed by atoms with Crippen molar-refractivity contribution in [3.63, 3.8) is 0 Å². The second kappa shape index (κ2) is 5.42. The van der Waals surface area contributed by atoms with Gasteiger partial charge in [-0.15, -0.1) is 0 Å². The van der Waals surface area contributed by atoms with Gasteiger partial charge in [-0.05, 0) is 23.8 Å². The summed E-state index contributed by atoms with van der Waals surface area (Å²) in [5.41, 5.74) is -1.02. The van der Waals surface area contributed by atoms with Crippen LogP contribution in [0.25, 0.3) is 6.08 Å². The molecule has 0 saturated carbocycles. The SMILES string of the molecule is CC1(C)OC(=O)C(=Cc2ccc(C(F)(F)F)cc2Br)C(=O)O1. The Bertz CT molecular complexity index is 655. The quantitative estimate of drug-likeness (QED) is 0.424. The average Bonchev–Trinajstić information content (AvgIpc) is 2.32. The van der Waals surface area contributed by atoms with Crippen LogP contribution in [0.4, 0.5) is 13.2 Å². The number of cyclic esters (lactones) is 2. The molecule has 0 atom stereocenters. The molecule has 1 aromatic carbocycles. The van der Waals surface area contributed by atoms with Crippen molar-refractivity contribution >= 4 is 33.9 Å². The molecule has 22 heavy (non-hydrogen) atoms. The minimum Gasteiger partial charge on any atom is -0.419 e. The monoisotopic (exact) mass is 378 g/mol. The topological polar surface area (TPSA) is 52.6 Å². The zero-order valence-corrected chi connectivity index (χ0v) is 13.0. The predicted octanol–water partition coefficient (Wildman–Crippen LogP) is 3.69. The smallest absolute Gasteiger partial charge is 0.416 e. The van der Waals surface area contributed by atoms with Crippen molar-refractivity contribution in [2.24, 2.45) is 0 Å². The van der Waals surface area contributed by atoms with E-state index in [9.17, 15) is 22.8 Å². The van der Waals surface area contributed by atoms with Crippen molar-refractivity contribution < 1.29 is 32.2 Å². The average molecular weight is 379 g/mol. The normalized spacial score (nSPS) is 17.8. The number of halogens is 4. The number of carbonyl (C=O) groups is 2. The van der Waals surface area contributed by atoms with Gasteiger partial charge in [0.2, 0.25) is 0 Å². The predicted molar refractivity (Wildman–Crippen MR) is 73.4 cm³/mol. The molecule has 0 aliphatic carbocycles. The Balaban J connectivity index is 2.38. The van der Waals surface area contributed by atoms with E-state index in [4.69, 9.17) is 9.47 Å². The summed E-state index contributed by atoms with van der Waals surface area (Å²) in [7, 11) is 0. The van der Waals surface area contributed by atoms with Gasteiger partial charge in [-0.25, -0.2) is 9.59 Å². The van der Waals surface area contributed by atoms with Crippen LogP contribution in [0.5, 0.6) is 0 Å². The standard InChI is InChI=1S/C14H10BrF3O4/c1-13(2)21-11(19)9(12(20)22-13)5-7-3-4-8(6-10(7)15)14(16,17)18/h3-6H,1-2H3. The number of alkyl halides is 3. The Morgan fingerprint density at radius 3 is 2.14 bits per heavy atom. The Hall–Kier alpha value is -1.83. The van der Waals surface area contributed by atoms with E-state index in [-0.39, 0.29) is 15.6 Å². The van der Waals surface area contributed by atoms with Crippen LogP contribution in [0.1, 0.15) is 25.0 Å². The van der Waals surface area contributed by atoms with Gasteiger partial charge in [0.05, 0.1) is 5.56 Å². The van der Waals surface area contributed by atoms with Crippen molar-refractivity contribution in [1.82, 2.24) is 0 Å². The molecule has 1 aliphatic heterocycles. The van der Waals surface area contributed by atoms with Crippen molar-refractivity contribution in [3.8, 4) is 0 Å². The number of esters is 2. The number of benzene rings is 1. The van der Waals surface area contributed by atoms with Gasteiger partial charge in [-0.3, -0.25) is 0 Å². The molecule has 1 saturated heterocycles. The van der Waals surface area contributed by atoms with Crippen molar-refractivity contribution in [1.29, 1.82) is 0 Å².